The van der Waals surface area contributed by atoms with Gasteiger partial charge in [-0.1, -0.05) is 110 Å². The van der Waals surface area contributed by atoms with E-state index in [1.807, 2.05) is 126 Å². The molecule has 6 amide bonds. The fourth-order valence-electron chi connectivity index (χ4n) is 14.7. The number of benzene rings is 4. The first-order valence-corrected chi connectivity index (χ1v) is 38.0. The van der Waals surface area contributed by atoms with Gasteiger partial charge in [0.15, 0.2) is 0 Å². The zero-order chi connectivity index (χ0) is 74.0. The molecule has 0 spiro atoms. The van der Waals surface area contributed by atoms with E-state index in [9.17, 15) is 39.3 Å². The van der Waals surface area contributed by atoms with Gasteiger partial charge in [-0.2, -0.15) is 0 Å². The molecule has 10 atom stereocenters. The minimum absolute atomic E-state index is 0.0514. The first-order chi connectivity index (χ1) is 50.5. The van der Waals surface area contributed by atoms with Crippen molar-refractivity contribution in [2.24, 2.45) is 5.92 Å². The van der Waals surface area contributed by atoms with E-state index in [-0.39, 0.29) is 102 Å². The number of likely N-dealkylation sites (tertiary alicyclic amines) is 3. The Morgan fingerprint density at radius 1 is 0.619 bits per heavy atom. The SMILES string of the molecule is CC[C@@H](C(=O)N1C[C@H](Oc2ccc3c(c2)C(O)N([C@H](C(=O)N2C[C@](O)(COCc4cc([C@H](C)C(=O)N5C[C@H](O)C[C@H]5C(=O)NCc5ccc(-c6scnc6C)cc5)on4)C[C@H]2C(=O)NCc2ccc(-c4scnc4C)cc2)C(C)C)C3)C[C@H]1C(=O)NCc1ccc(-c2scnc2C)cc1)c1cc(C)no1. The summed E-state index contributed by atoms with van der Waals surface area (Å²) < 4.78 is 24.1. The largest absolute Gasteiger partial charge is 0.488 e. The molecule has 0 radical (unpaired) electrons. The number of amides is 6. The highest BCUT2D eigenvalue weighted by atomic mass is 32.1. The van der Waals surface area contributed by atoms with Crippen LogP contribution in [-0.4, -0.2) is 164 Å². The third-order valence-electron chi connectivity index (χ3n) is 20.3. The smallest absolute Gasteiger partial charge is 0.243 e. The minimum Gasteiger partial charge on any atom is -0.488 e. The summed E-state index contributed by atoms with van der Waals surface area (Å²) in [6.45, 7) is 14.7. The maximum Gasteiger partial charge on any atom is 0.243 e. The molecule has 0 bridgehead atoms. The number of aryl methyl sites for hydroxylation is 4. The molecule has 6 N–H and O–H groups in total. The Kier molecular flexibility index (Phi) is 22.3. The van der Waals surface area contributed by atoms with E-state index in [1.54, 1.807) is 81.6 Å². The molecule has 9 aromatic rings. The molecule has 13 rings (SSSR count). The summed E-state index contributed by atoms with van der Waals surface area (Å²) in [5, 5.41) is 52.9. The summed E-state index contributed by atoms with van der Waals surface area (Å²) in [5.74, 6) is -3.58. The highest BCUT2D eigenvalue weighted by molar-refractivity contribution is 7.14. The van der Waals surface area contributed by atoms with Gasteiger partial charge in [0.1, 0.15) is 59.0 Å². The van der Waals surface area contributed by atoms with E-state index in [2.05, 4.69) is 41.2 Å². The number of carbonyl (C=O) groups is 6. The maximum absolute atomic E-state index is 15.5. The Labute approximate surface area is 620 Å². The molecule has 28 heteroatoms. The topological polar surface area (TPSA) is 321 Å². The third kappa shape index (κ3) is 16.2. The van der Waals surface area contributed by atoms with E-state index in [0.29, 0.717) is 29.2 Å². The average molecular weight is 1480 g/mol. The number of rotatable bonds is 26. The van der Waals surface area contributed by atoms with Gasteiger partial charge in [0.05, 0.1) is 104 Å². The van der Waals surface area contributed by atoms with Crippen molar-refractivity contribution in [3.05, 3.63) is 187 Å². The second kappa shape index (κ2) is 31.7. The van der Waals surface area contributed by atoms with Crippen LogP contribution in [0.3, 0.4) is 0 Å². The van der Waals surface area contributed by atoms with E-state index >= 15 is 4.79 Å². The molecule has 0 saturated carbocycles. The molecule has 4 aromatic carbocycles. The normalized spacial score (nSPS) is 21.0. The summed E-state index contributed by atoms with van der Waals surface area (Å²) in [7, 11) is 0. The van der Waals surface area contributed by atoms with Crippen LogP contribution in [0, 0.1) is 33.6 Å². The Morgan fingerprint density at radius 2 is 1.14 bits per heavy atom. The number of ether oxygens (including phenoxy) is 2. The second-order valence-corrected chi connectivity index (χ2v) is 30.8. The van der Waals surface area contributed by atoms with Crippen LogP contribution in [0.1, 0.15) is 139 Å². The van der Waals surface area contributed by atoms with Crippen molar-refractivity contribution in [1.82, 2.24) is 60.8 Å². The van der Waals surface area contributed by atoms with Gasteiger partial charge < -0.3 is 64.5 Å². The van der Waals surface area contributed by atoms with Gasteiger partial charge in [-0.15, -0.1) is 34.0 Å². The molecule has 4 aliphatic heterocycles. The average Bonchev–Trinajstić information content (AvgIpc) is 1.61. The van der Waals surface area contributed by atoms with Gasteiger partial charge >= 0.3 is 0 Å². The number of fused-ring (bicyclic) bond motifs is 1. The van der Waals surface area contributed by atoms with E-state index < -0.39 is 89.6 Å². The van der Waals surface area contributed by atoms with Crippen molar-refractivity contribution in [1.29, 1.82) is 0 Å². The lowest BCUT2D eigenvalue weighted by Gasteiger charge is -2.36. The molecule has 4 aliphatic rings. The van der Waals surface area contributed by atoms with Gasteiger partial charge in [0.25, 0.3) is 0 Å². The lowest BCUT2D eigenvalue weighted by atomic mass is 10.00. The fourth-order valence-corrected chi connectivity index (χ4v) is 17.1. The first-order valence-electron chi connectivity index (χ1n) is 35.3. The van der Waals surface area contributed by atoms with Crippen molar-refractivity contribution in [2.45, 2.75) is 174 Å². The number of nitrogens with one attached hydrogen (secondary N) is 3. The Morgan fingerprint density at radius 3 is 1.65 bits per heavy atom. The van der Waals surface area contributed by atoms with Crippen molar-refractivity contribution >= 4 is 69.5 Å². The van der Waals surface area contributed by atoms with Gasteiger partial charge in [-0.05, 0) is 98.0 Å². The molecule has 9 heterocycles. The molecule has 550 valence electrons. The Balaban J connectivity index is 0.671. The summed E-state index contributed by atoms with van der Waals surface area (Å²) in [5.41, 5.74) is 14.1. The number of hydrogen-bond donors (Lipinski definition) is 6. The monoisotopic (exact) mass is 1480 g/mol. The first kappa shape index (κ1) is 73.9. The number of nitrogens with zero attached hydrogens (tertiary/aromatic N) is 9. The van der Waals surface area contributed by atoms with Crippen LogP contribution in [-0.2, 0) is 66.3 Å². The maximum atomic E-state index is 15.5. The van der Waals surface area contributed by atoms with Gasteiger partial charge in [-0.3, -0.25) is 33.7 Å². The van der Waals surface area contributed by atoms with Crippen molar-refractivity contribution < 1.29 is 62.6 Å². The highest BCUT2D eigenvalue weighted by Crippen LogP contribution is 2.41. The fraction of sp³-hybridized carbons (Fsp3) is 0.416. The second-order valence-electron chi connectivity index (χ2n) is 28.2. The summed E-state index contributed by atoms with van der Waals surface area (Å²) in [4.78, 5) is 109. The zero-order valence-corrected chi connectivity index (χ0v) is 62.1. The van der Waals surface area contributed by atoms with Crippen LogP contribution >= 0.6 is 34.0 Å². The summed E-state index contributed by atoms with van der Waals surface area (Å²) >= 11 is 4.65. The molecule has 3 fully saturated rings. The molecule has 5 aromatic heterocycles. The number of aliphatic hydroxyl groups is 3. The number of hydrogen-bond acceptors (Lipinski definition) is 22. The highest BCUT2D eigenvalue weighted by Gasteiger charge is 2.52. The Hall–Kier alpha value is -9.39. The number of aromatic nitrogens is 5. The molecule has 1 unspecified atom stereocenters. The van der Waals surface area contributed by atoms with E-state index in [1.165, 1.54) is 21.1 Å². The number of carbonyl (C=O) groups excluding carboxylic acids is 6. The van der Waals surface area contributed by atoms with E-state index in [0.717, 1.165) is 70.7 Å². The molecular weight excluding hydrogens is 1400 g/mol. The summed E-state index contributed by atoms with van der Waals surface area (Å²) in [6, 6.07) is 28.1. The van der Waals surface area contributed by atoms with Gasteiger partial charge in [-0.25, -0.2) is 15.0 Å². The van der Waals surface area contributed by atoms with Crippen LogP contribution in [0.25, 0.3) is 31.3 Å². The Bertz CT molecular complexity index is 4610. The number of aliphatic hydroxyl groups excluding tert-OH is 2. The molecule has 0 aliphatic carbocycles. The lowest BCUT2D eigenvalue weighted by Crippen LogP contribution is -2.55. The van der Waals surface area contributed by atoms with Crippen molar-refractivity contribution in [2.75, 3.05) is 26.2 Å². The van der Waals surface area contributed by atoms with Crippen molar-refractivity contribution in [3.63, 3.8) is 0 Å². The number of thiazole rings is 3. The van der Waals surface area contributed by atoms with Crippen LogP contribution in [0.2, 0.25) is 0 Å². The minimum atomic E-state index is -1.76. The van der Waals surface area contributed by atoms with Gasteiger partial charge in [0, 0.05) is 69.7 Å². The molecule has 3 saturated heterocycles. The predicted octanol–water partition coefficient (Wildman–Crippen LogP) is 9.20. The standard InChI is InChI=1S/C77H86N12O13S3/c1-9-59(65-24-43(4)84-102-65)74(95)87-35-58(28-62(87)71(92)79-31-49-12-18-52(19-13-49)68-46(7)82-40-104-68)100-57-23-22-54-33-88(75(96)60(54)27-57)66(42(2)3)76(97)89-37-77(98,29-63(89)72(93)80-32-50-14-20-53(21-15-50)69-47(8)83-41-105-69)38-99-36-55-25-64(101-85-55)44(5)73(94)86-34-56(90)26-61(86)70(91)78-30-48-10-16-51(17-11-48)67-45(6)81-39-103-67/h10-25,27,39-42,44,56,58-59,61-63,66,75,90,96,98H,9,26,28-38H2,1-8H3,(H,78,91)(H,79,92)(H,80,93)/t44-,56+,58+,59+,61-,62-,63-,66-,75?,77-/m0/s1. The molecule has 105 heavy (non-hydrogen) atoms. The molecular formula is C77H86N12O13S3. The van der Waals surface area contributed by atoms with E-state index in [4.69, 9.17) is 18.5 Å². The predicted molar refractivity (Wildman–Crippen MR) is 393 cm³/mol. The molecule has 25 nitrogen and oxygen atoms in total. The zero-order valence-electron chi connectivity index (χ0n) is 59.7. The van der Waals surface area contributed by atoms with Crippen LogP contribution in [0.15, 0.2) is 129 Å². The van der Waals surface area contributed by atoms with Crippen molar-refractivity contribution in [3.8, 4) is 37.1 Å². The van der Waals surface area contributed by atoms with Gasteiger partial charge in [0.2, 0.25) is 35.4 Å². The van der Waals surface area contributed by atoms with Crippen LogP contribution < -0.4 is 20.7 Å². The quantitative estimate of drug-likeness (QED) is 0.0294. The third-order valence-corrected chi connectivity index (χ3v) is 23.2. The number of β-amino-alcohol motifs (C(OH)–C–C–N with tert-alkyl or cyclic N) is 2. The lowest BCUT2D eigenvalue weighted by molar-refractivity contribution is -0.149. The summed E-state index contributed by atoms with van der Waals surface area (Å²) in [6.07, 6.45) is -2.48. The van der Waals surface area contributed by atoms with Crippen LogP contribution in [0.5, 0.6) is 5.75 Å². The van der Waals surface area contributed by atoms with Crippen LogP contribution in [0.4, 0.5) is 0 Å².